The number of aromatic nitrogens is 2. The Bertz CT molecular complexity index is 426. The van der Waals surface area contributed by atoms with Crippen molar-refractivity contribution < 1.29 is 0 Å². The minimum Gasteiger partial charge on any atom is -0.368 e. The van der Waals surface area contributed by atoms with Crippen LogP contribution in [0.15, 0.2) is 0 Å². The zero-order chi connectivity index (χ0) is 12.4. The molecule has 2 heterocycles. The molecule has 0 unspecified atom stereocenters. The molecule has 2 aliphatic rings. The fourth-order valence-electron chi connectivity index (χ4n) is 2.81. The van der Waals surface area contributed by atoms with Crippen molar-refractivity contribution in [1.82, 2.24) is 9.97 Å². The Labute approximate surface area is 108 Å². The summed E-state index contributed by atoms with van der Waals surface area (Å²) >= 11 is 0. The summed E-state index contributed by atoms with van der Waals surface area (Å²) in [6, 6.07) is 0. The van der Waals surface area contributed by atoms with Gasteiger partial charge in [-0.05, 0) is 32.1 Å². The fourth-order valence-corrected chi connectivity index (χ4v) is 2.81. The highest BCUT2D eigenvalue weighted by Gasteiger charge is 2.22. The van der Waals surface area contributed by atoms with E-state index >= 15 is 0 Å². The van der Waals surface area contributed by atoms with Gasteiger partial charge in [-0.25, -0.2) is 4.98 Å². The normalized spacial score (nSPS) is 18.2. The number of aryl methyl sites for hydroxylation is 1. The minimum atomic E-state index is 0.637. The maximum absolute atomic E-state index is 5.57. The molecule has 1 aliphatic heterocycles. The Hall–Kier alpha value is -1.36. The van der Waals surface area contributed by atoms with Crippen LogP contribution < -0.4 is 16.0 Å². The number of nitrogens with one attached hydrogen (secondary N) is 1. The van der Waals surface area contributed by atoms with Crippen LogP contribution in [0.1, 0.15) is 30.5 Å². The molecule has 1 aromatic heterocycles. The van der Waals surface area contributed by atoms with Crippen molar-refractivity contribution >= 4 is 11.8 Å². The summed E-state index contributed by atoms with van der Waals surface area (Å²) in [5.41, 5.74) is 8.12. The van der Waals surface area contributed by atoms with Gasteiger partial charge in [-0.2, -0.15) is 4.98 Å². The van der Waals surface area contributed by atoms with Crippen LogP contribution >= 0.6 is 0 Å². The Kier molecular flexibility index (Phi) is 3.32. The molecule has 0 atom stereocenters. The summed E-state index contributed by atoms with van der Waals surface area (Å²) in [7, 11) is 0. The molecule has 0 bridgehead atoms. The lowest BCUT2D eigenvalue weighted by Crippen LogP contribution is -2.23. The van der Waals surface area contributed by atoms with E-state index in [1.165, 1.54) is 30.5 Å². The number of hydrogen-bond donors (Lipinski definition) is 2. The second-order valence-corrected chi connectivity index (χ2v) is 5.06. The number of nitrogens with two attached hydrogens (primary N) is 1. The van der Waals surface area contributed by atoms with E-state index in [0.29, 0.717) is 6.54 Å². The van der Waals surface area contributed by atoms with Gasteiger partial charge in [0.2, 0.25) is 5.95 Å². The zero-order valence-corrected chi connectivity index (χ0v) is 10.8. The van der Waals surface area contributed by atoms with Gasteiger partial charge in [-0.3, -0.25) is 0 Å². The molecule has 18 heavy (non-hydrogen) atoms. The highest BCUT2D eigenvalue weighted by Crippen LogP contribution is 2.29. The van der Waals surface area contributed by atoms with Gasteiger partial charge >= 0.3 is 0 Å². The summed E-state index contributed by atoms with van der Waals surface area (Å²) in [4.78, 5) is 11.8. The van der Waals surface area contributed by atoms with Crippen molar-refractivity contribution in [1.29, 1.82) is 0 Å². The van der Waals surface area contributed by atoms with Crippen LogP contribution in [-0.4, -0.2) is 36.1 Å². The predicted molar refractivity (Wildman–Crippen MR) is 73.0 cm³/mol. The molecule has 3 N–H and O–H groups in total. The largest absolute Gasteiger partial charge is 0.368 e. The van der Waals surface area contributed by atoms with Crippen LogP contribution in [0.4, 0.5) is 11.8 Å². The van der Waals surface area contributed by atoms with Gasteiger partial charge in [0, 0.05) is 31.7 Å². The van der Waals surface area contributed by atoms with Crippen molar-refractivity contribution in [3.63, 3.8) is 0 Å². The number of anilines is 2. The Morgan fingerprint density at radius 2 is 1.94 bits per heavy atom. The van der Waals surface area contributed by atoms with E-state index in [0.717, 1.165) is 44.2 Å². The maximum atomic E-state index is 5.57. The van der Waals surface area contributed by atoms with Crippen LogP contribution in [0.2, 0.25) is 0 Å². The smallest absolute Gasteiger partial charge is 0.227 e. The Balaban J connectivity index is 1.90. The molecule has 98 valence electrons. The average molecular weight is 247 g/mol. The average Bonchev–Trinajstić information content (AvgIpc) is 3.05. The van der Waals surface area contributed by atoms with Crippen LogP contribution in [0.3, 0.4) is 0 Å². The molecule has 0 aromatic carbocycles. The van der Waals surface area contributed by atoms with Gasteiger partial charge in [-0.15, -0.1) is 0 Å². The van der Waals surface area contributed by atoms with E-state index in [4.69, 9.17) is 15.7 Å². The maximum Gasteiger partial charge on any atom is 0.227 e. The lowest BCUT2D eigenvalue weighted by Gasteiger charge is -2.18. The summed E-state index contributed by atoms with van der Waals surface area (Å²) in [5, 5.41) is 3.36. The highest BCUT2D eigenvalue weighted by atomic mass is 15.3. The second kappa shape index (κ2) is 5.10. The van der Waals surface area contributed by atoms with Gasteiger partial charge in [0.25, 0.3) is 0 Å². The molecular formula is C13H21N5. The molecule has 0 spiro atoms. The van der Waals surface area contributed by atoms with E-state index in [-0.39, 0.29) is 0 Å². The summed E-state index contributed by atoms with van der Waals surface area (Å²) in [6.45, 7) is 3.60. The highest BCUT2D eigenvalue weighted by molar-refractivity contribution is 5.53. The Morgan fingerprint density at radius 1 is 1.11 bits per heavy atom. The second-order valence-electron chi connectivity index (χ2n) is 5.06. The van der Waals surface area contributed by atoms with E-state index in [9.17, 15) is 0 Å². The molecule has 3 rings (SSSR count). The molecule has 5 heteroatoms. The third kappa shape index (κ3) is 2.14. The third-order valence-corrected chi connectivity index (χ3v) is 3.75. The lowest BCUT2D eigenvalue weighted by atomic mass is 10.2. The fraction of sp³-hybridized carbons (Fsp3) is 0.692. The minimum absolute atomic E-state index is 0.637. The summed E-state index contributed by atoms with van der Waals surface area (Å²) in [6.07, 6.45) is 5.90. The number of hydrogen-bond acceptors (Lipinski definition) is 5. The van der Waals surface area contributed by atoms with Crippen LogP contribution in [0, 0.1) is 0 Å². The Morgan fingerprint density at radius 3 is 2.72 bits per heavy atom. The first-order valence-corrected chi connectivity index (χ1v) is 6.97. The van der Waals surface area contributed by atoms with Crippen molar-refractivity contribution in [2.75, 3.05) is 36.4 Å². The van der Waals surface area contributed by atoms with E-state index in [1.54, 1.807) is 0 Å². The molecular weight excluding hydrogens is 226 g/mol. The lowest BCUT2D eigenvalue weighted by molar-refractivity contribution is 0.869. The molecule has 0 radical (unpaired) electrons. The monoisotopic (exact) mass is 247 g/mol. The van der Waals surface area contributed by atoms with Crippen molar-refractivity contribution in [2.24, 2.45) is 5.73 Å². The van der Waals surface area contributed by atoms with Crippen molar-refractivity contribution in [3.05, 3.63) is 11.3 Å². The zero-order valence-electron chi connectivity index (χ0n) is 10.8. The molecule has 1 aromatic rings. The third-order valence-electron chi connectivity index (χ3n) is 3.75. The molecule has 0 amide bonds. The van der Waals surface area contributed by atoms with Crippen LogP contribution in [-0.2, 0) is 12.8 Å². The molecule has 1 saturated heterocycles. The molecule has 0 saturated carbocycles. The van der Waals surface area contributed by atoms with Crippen LogP contribution in [0.5, 0.6) is 0 Å². The first-order valence-electron chi connectivity index (χ1n) is 6.97. The quantitative estimate of drug-likeness (QED) is 0.828. The van der Waals surface area contributed by atoms with Crippen molar-refractivity contribution in [3.8, 4) is 0 Å². The number of fused-ring (bicyclic) bond motifs is 1. The first kappa shape index (κ1) is 11.7. The number of nitrogens with zero attached hydrogens (tertiary/aromatic N) is 3. The topological polar surface area (TPSA) is 67.1 Å². The van der Waals surface area contributed by atoms with Gasteiger partial charge in [0.15, 0.2) is 0 Å². The van der Waals surface area contributed by atoms with E-state index in [2.05, 4.69) is 10.2 Å². The van der Waals surface area contributed by atoms with E-state index < -0.39 is 0 Å². The summed E-state index contributed by atoms with van der Waals surface area (Å²) in [5.74, 6) is 1.93. The number of rotatable bonds is 4. The summed E-state index contributed by atoms with van der Waals surface area (Å²) < 4.78 is 0. The van der Waals surface area contributed by atoms with Crippen LogP contribution in [0.25, 0.3) is 0 Å². The van der Waals surface area contributed by atoms with E-state index in [1.807, 2.05) is 0 Å². The predicted octanol–water partition coefficient (Wildman–Crippen LogP) is 0.936. The van der Waals surface area contributed by atoms with Gasteiger partial charge in [-0.1, -0.05) is 0 Å². The van der Waals surface area contributed by atoms with Crippen molar-refractivity contribution in [2.45, 2.75) is 32.1 Å². The SMILES string of the molecule is NCCNc1nc(N2CCCC2)nc2c1CCC2. The van der Waals surface area contributed by atoms with Gasteiger partial charge in [0.1, 0.15) is 5.82 Å². The van der Waals surface area contributed by atoms with Gasteiger partial charge < -0.3 is 16.0 Å². The first-order chi connectivity index (χ1) is 8.88. The molecule has 1 fully saturated rings. The molecule has 1 aliphatic carbocycles. The standard InChI is InChI=1S/C13H21N5/c14-6-7-15-12-10-4-3-5-11(10)16-13(17-12)18-8-1-2-9-18/h1-9,14H2,(H,15,16,17). The molecule has 5 nitrogen and oxygen atoms in total. The van der Waals surface area contributed by atoms with Gasteiger partial charge in [0.05, 0.1) is 5.69 Å².